The van der Waals surface area contributed by atoms with Crippen LogP contribution in [0.15, 0.2) is 0 Å². The van der Waals surface area contributed by atoms with E-state index in [1.54, 1.807) is 11.4 Å². The van der Waals surface area contributed by atoms with E-state index in [9.17, 15) is 8.42 Å². The molecule has 0 aromatic rings. The van der Waals surface area contributed by atoms with Crippen LogP contribution in [0.1, 0.15) is 26.2 Å². The van der Waals surface area contributed by atoms with E-state index in [4.69, 9.17) is 4.74 Å². The summed E-state index contributed by atoms with van der Waals surface area (Å²) in [6, 6.07) is 0.0639. The number of methoxy groups -OCH3 is 1. The summed E-state index contributed by atoms with van der Waals surface area (Å²) in [5.41, 5.74) is 0. The molecule has 2 N–H and O–H groups in total. The summed E-state index contributed by atoms with van der Waals surface area (Å²) in [6.07, 6.45) is 2.96. The third kappa shape index (κ3) is 5.35. The molecule has 1 saturated heterocycles. The number of ether oxygens (including phenoxy) is 1. The number of nitrogens with zero attached hydrogens (tertiary/aromatic N) is 1. The molecule has 114 valence electrons. The van der Waals surface area contributed by atoms with Crippen LogP contribution in [0.5, 0.6) is 0 Å². The van der Waals surface area contributed by atoms with Gasteiger partial charge >= 0.3 is 0 Å². The molecule has 0 saturated carbocycles. The van der Waals surface area contributed by atoms with Gasteiger partial charge in [-0.2, -0.15) is 12.7 Å². The molecule has 0 amide bonds. The average molecular weight is 293 g/mol. The van der Waals surface area contributed by atoms with Gasteiger partial charge in [-0.15, -0.1) is 0 Å². The Morgan fingerprint density at radius 1 is 1.42 bits per heavy atom. The largest absolute Gasteiger partial charge is 0.384 e. The molecule has 0 aromatic heterocycles. The van der Waals surface area contributed by atoms with E-state index in [1.807, 2.05) is 14.0 Å². The molecule has 0 aromatic carbocycles. The van der Waals surface area contributed by atoms with E-state index < -0.39 is 10.2 Å². The summed E-state index contributed by atoms with van der Waals surface area (Å²) in [6.45, 7) is 4.25. The van der Waals surface area contributed by atoms with Crippen molar-refractivity contribution in [3.63, 3.8) is 0 Å². The van der Waals surface area contributed by atoms with Gasteiger partial charge in [0.2, 0.25) is 0 Å². The number of likely N-dealkylation sites (N-methyl/N-ethyl adjacent to an activating group) is 1. The monoisotopic (exact) mass is 293 g/mol. The van der Waals surface area contributed by atoms with Gasteiger partial charge in [0.05, 0.1) is 0 Å². The molecular formula is C12H27N3O3S. The maximum atomic E-state index is 12.3. The minimum Gasteiger partial charge on any atom is -0.384 e. The molecule has 0 radical (unpaired) electrons. The summed E-state index contributed by atoms with van der Waals surface area (Å²) >= 11 is 0. The van der Waals surface area contributed by atoms with Crippen LogP contribution in [-0.4, -0.2) is 59.2 Å². The highest BCUT2D eigenvalue weighted by atomic mass is 32.2. The summed E-state index contributed by atoms with van der Waals surface area (Å²) in [7, 11) is 0.0979. The highest BCUT2D eigenvalue weighted by Crippen LogP contribution is 2.19. The first-order chi connectivity index (χ1) is 9.01. The predicted molar refractivity (Wildman–Crippen MR) is 76.2 cm³/mol. The van der Waals surface area contributed by atoms with Crippen LogP contribution in [0.3, 0.4) is 0 Å². The van der Waals surface area contributed by atoms with Crippen LogP contribution in [0, 0.1) is 5.92 Å². The highest BCUT2D eigenvalue weighted by molar-refractivity contribution is 7.87. The molecule has 1 rings (SSSR count). The van der Waals surface area contributed by atoms with Gasteiger partial charge in [-0.25, -0.2) is 4.72 Å². The molecule has 7 heteroatoms. The number of hydrogen-bond donors (Lipinski definition) is 2. The Hall–Kier alpha value is -0.210. The molecule has 2 atom stereocenters. The molecule has 2 unspecified atom stereocenters. The van der Waals surface area contributed by atoms with Gasteiger partial charge in [-0.3, -0.25) is 0 Å². The van der Waals surface area contributed by atoms with E-state index in [1.165, 1.54) is 0 Å². The lowest BCUT2D eigenvalue weighted by Crippen LogP contribution is -2.52. The van der Waals surface area contributed by atoms with Crippen molar-refractivity contribution in [1.82, 2.24) is 14.3 Å². The van der Waals surface area contributed by atoms with Crippen molar-refractivity contribution in [1.29, 1.82) is 0 Å². The first kappa shape index (κ1) is 16.8. The molecule has 19 heavy (non-hydrogen) atoms. The van der Waals surface area contributed by atoms with Crippen molar-refractivity contribution in [2.45, 2.75) is 32.2 Å². The topological polar surface area (TPSA) is 70.7 Å². The summed E-state index contributed by atoms with van der Waals surface area (Å²) < 4.78 is 34.0. The Balaban J connectivity index is 2.58. The Kier molecular flexibility index (Phi) is 7.23. The molecule has 0 spiro atoms. The molecule has 1 aliphatic heterocycles. The van der Waals surface area contributed by atoms with Crippen LogP contribution in [0.25, 0.3) is 0 Å². The highest BCUT2D eigenvalue weighted by Gasteiger charge is 2.31. The molecule has 1 aliphatic rings. The van der Waals surface area contributed by atoms with E-state index in [0.29, 0.717) is 26.2 Å². The lowest BCUT2D eigenvalue weighted by molar-refractivity contribution is 0.160. The first-order valence-electron chi connectivity index (χ1n) is 6.91. The molecular weight excluding hydrogens is 266 g/mol. The number of piperidine rings is 1. The minimum atomic E-state index is -3.38. The fourth-order valence-corrected chi connectivity index (χ4v) is 4.01. The van der Waals surface area contributed by atoms with Gasteiger partial charge in [0.25, 0.3) is 10.2 Å². The fraction of sp³-hybridized carbons (Fsp3) is 1.00. The second-order valence-electron chi connectivity index (χ2n) is 5.23. The van der Waals surface area contributed by atoms with Crippen LogP contribution in [0.2, 0.25) is 0 Å². The van der Waals surface area contributed by atoms with Crippen LogP contribution in [0.4, 0.5) is 0 Å². The quantitative estimate of drug-likeness (QED) is 0.670. The summed E-state index contributed by atoms with van der Waals surface area (Å²) in [4.78, 5) is 0. The Bertz CT molecular complexity index is 346. The Labute approximate surface area is 117 Å². The standard InChI is InChI=1S/C12H27N3O3S/c1-11(10-18-3)8-14-19(16,17)15-7-5-4-6-12(15)9-13-2/h11-14H,4-10H2,1-3H3. The third-order valence-corrected chi connectivity index (χ3v) is 5.02. The van der Waals surface area contributed by atoms with Crippen molar-refractivity contribution >= 4 is 10.2 Å². The number of rotatable bonds is 8. The zero-order chi connectivity index (χ0) is 14.3. The van der Waals surface area contributed by atoms with Crippen molar-refractivity contribution in [2.75, 3.05) is 40.4 Å². The van der Waals surface area contributed by atoms with Crippen molar-refractivity contribution in [3.8, 4) is 0 Å². The van der Waals surface area contributed by atoms with Gasteiger partial charge in [-0.05, 0) is 25.8 Å². The summed E-state index contributed by atoms with van der Waals surface area (Å²) in [5.74, 6) is 0.173. The normalized spacial score (nSPS) is 23.4. The predicted octanol–water partition coefficient (Wildman–Crippen LogP) is 0.177. The maximum Gasteiger partial charge on any atom is 0.279 e. The first-order valence-corrected chi connectivity index (χ1v) is 8.35. The van der Waals surface area contributed by atoms with Gasteiger partial charge in [0.1, 0.15) is 0 Å². The number of nitrogens with one attached hydrogen (secondary N) is 2. The van der Waals surface area contributed by atoms with Crippen molar-refractivity contribution in [2.24, 2.45) is 5.92 Å². The second-order valence-corrected chi connectivity index (χ2v) is 6.94. The molecule has 6 nitrogen and oxygen atoms in total. The van der Waals surface area contributed by atoms with Crippen molar-refractivity contribution in [3.05, 3.63) is 0 Å². The zero-order valence-electron chi connectivity index (χ0n) is 12.2. The molecule has 1 fully saturated rings. The SMILES string of the molecule is CNCC1CCCCN1S(=O)(=O)NCC(C)COC. The van der Waals surface area contributed by atoms with Gasteiger partial charge in [-0.1, -0.05) is 13.3 Å². The Morgan fingerprint density at radius 3 is 2.79 bits per heavy atom. The average Bonchev–Trinajstić information content (AvgIpc) is 2.38. The number of hydrogen-bond acceptors (Lipinski definition) is 4. The Morgan fingerprint density at radius 2 is 2.16 bits per heavy atom. The van der Waals surface area contributed by atoms with Gasteiger partial charge in [0, 0.05) is 39.4 Å². The molecule has 0 aliphatic carbocycles. The van der Waals surface area contributed by atoms with E-state index in [0.717, 1.165) is 19.3 Å². The van der Waals surface area contributed by atoms with Gasteiger partial charge in [0.15, 0.2) is 0 Å². The third-order valence-electron chi connectivity index (χ3n) is 3.39. The molecule has 1 heterocycles. The second kappa shape index (κ2) is 8.16. The zero-order valence-corrected chi connectivity index (χ0v) is 13.0. The van der Waals surface area contributed by atoms with E-state index in [-0.39, 0.29) is 12.0 Å². The lowest BCUT2D eigenvalue weighted by Gasteiger charge is -2.34. The van der Waals surface area contributed by atoms with Gasteiger partial charge < -0.3 is 10.1 Å². The maximum absolute atomic E-state index is 12.3. The van der Waals surface area contributed by atoms with Crippen molar-refractivity contribution < 1.29 is 13.2 Å². The van der Waals surface area contributed by atoms with E-state index >= 15 is 0 Å². The van der Waals surface area contributed by atoms with E-state index in [2.05, 4.69) is 10.0 Å². The summed E-state index contributed by atoms with van der Waals surface area (Å²) in [5, 5.41) is 3.07. The van der Waals surface area contributed by atoms with Crippen LogP contribution < -0.4 is 10.0 Å². The minimum absolute atomic E-state index is 0.0639. The van der Waals surface area contributed by atoms with Crippen LogP contribution >= 0.6 is 0 Å². The molecule has 0 bridgehead atoms. The smallest absolute Gasteiger partial charge is 0.279 e. The fourth-order valence-electron chi connectivity index (χ4n) is 2.40. The lowest BCUT2D eigenvalue weighted by atomic mass is 10.1. The van der Waals surface area contributed by atoms with Crippen LogP contribution in [-0.2, 0) is 14.9 Å².